The molecule has 2 amide bonds. The highest BCUT2D eigenvalue weighted by atomic mass is 16.5. The number of imidazole rings is 1. The summed E-state index contributed by atoms with van der Waals surface area (Å²) in [5.74, 6) is 1.22. The number of benzene rings is 2. The van der Waals surface area contributed by atoms with Crippen LogP contribution in [-0.4, -0.2) is 39.4 Å². The molecule has 2 aromatic carbocycles. The van der Waals surface area contributed by atoms with Crippen LogP contribution in [0.1, 0.15) is 35.1 Å². The molecule has 142 valence electrons. The smallest absolute Gasteiger partial charge is 0.262 e. The molecule has 0 saturated carbocycles. The van der Waals surface area contributed by atoms with Crippen molar-refractivity contribution in [1.29, 1.82) is 0 Å². The number of hydrogen-bond donors (Lipinski definition) is 1. The van der Waals surface area contributed by atoms with Gasteiger partial charge in [-0.2, -0.15) is 0 Å². The highest BCUT2D eigenvalue weighted by Gasteiger charge is 2.34. The van der Waals surface area contributed by atoms with Crippen molar-refractivity contribution >= 4 is 28.5 Å². The van der Waals surface area contributed by atoms with Crippen molar-refractivity contribution in [3.8, 4) is 5.75 Å². The number of carbonyl (C=O) groups is 2. The molecule has 1 atom stereocenters. The van der Waals surface area contributed by atoms with Gasteiger partial charge in [0.25, 0.3) is 11.8 Å². The van der Waals surface area contributed by atoms with Crippen molar-refractivity contribution in [1.82, 2.24) is 14.5 Å². The summed E-state index contributed by atoms with van der Waals surface area (Å²) in [7, 11) is 2.00. The third-order valence-corrected chi connectivity index (χ3v) is 5.49. The molecule has 5 rings (SSSR count). The second kappa shape index (κ2) is 6.37. The number of hydrogen-bond acceptors (Lipinski definition) is 4. The number of anilines is 1. The number of nitrogens with zero attached hydrogens (tertiary/aromatic N) is 3. The van der Waals surface area contributed by atoms with E-state index in [2.05, 4.69) is 9.88 Å². The number of para-hydroxylation sites is 2. The Hall–Kier alpha value is -3.35. The van der Waals surface area contributed by atoms with Gasteiger partial charge >= 0.3 is 0 Å². The van der Waals surface area contributed by atoms with Gasteiger partial charge in [-0.15, -0.1) is 0 Å². The van der Waals surface area contributed by atoms with Gasteiger partial charge in [-0.3, -0.25) is 9.59 Å². The topological polar surface area (TPSA) is 76.5 Å². The van der Waals surface area contributed by atoms with Crippen LogP contribution in [0.2, 0.25) is 0 Å². The van der Waals surface area contributed by atoms with Crippen molar-refractivity contribution in [3.63, 3.8) is 0 Å². The van der Waals surface area contributed by atoms with Crippen LogP contribution in [0.5, 0.6) is 5.75 Å². The summed E-state index contributed by atoms with van der Waals surface area (Å²) in [5, 5.41) is 2.76. The van der Waals surface area contributed by atoms with Crippen molar-refractivity contribution < 1.29 is 14.3 Å². The minimum absolute atomic E-state index is 0.00120. The van der Waals surface area contributed by atoms with E-state index >= 15 is 0 Å². The Morgan fingerprint density at radius 3 is 2.96 bits per heavy atom. The van der Waals surface area contributed by atoms with E-state index in [1.54, 1.807) is 18.2 Å². The number of fused-ring (bicyclic) bond motifs is 2. The summed E-state index contributed by atoms with van der Waals surface area (Å²) in [6.45, 7) is 0.688. The number of nitrogens with one attached hydrogen (secondary N) is 1. The highest BCUT2D eigenvalue weighted by molar-refractivity contribution is 6.00. The van der Waals surface area contributed by atoms with Crippen LogP contribution in [0.25, 0.3) is 11.0 Å². The molecule has 1 N–H and O–H groups in total. The van der Waals surface area contributed by atoms with Crippen LogP contribution in [0, 0.1) is 0 Å². The number of aromatic nitrogens is 2. The fraction of sp³-hybridized carbons (Fsp3) is 0.286. The molecule has 0 bridgehead atoms. The summed E-state index contributed by atoms with van der Waals surface area (Å²) in [6, 6.07) is 13.1. The molecule has 3 heterocycles. The van der Waals surface area contributed by atoms with Gasteiger partial charge in [-0.25, -0.2) is 4.98 Å². The molecule has 1 fully saturated rings. The van der Waals surface area contributed by atoms with Gasteiger partial charge in [0.1, 0.15) is 11.6 Å². The van der Waals surface area contributed by atoms with E-state index in [4.69, 9.17) is 9.72 Å². The standard InChI is InChI=1S/C21H20N4O3/c1-24-16-6-3-2-5-14(16)23-20(24)17-7-4-10-25(17)21(27)13-8-9-18-15(11-13)22-19(26)12-28-18/h2-3,5-6,8-9,11,17H,4,7,10,12H2,1H3,(H,22,26)/t17-/m1/s1. The van der Waals surface area contributed by atoms with Crippen LogP contribution in [-0.2, 0) is 11.8 Å². The lowest BCUT2D eigenvalue weighted by Crippen LogP contribution is -2.32. The summed E-state index contributed by atoms with van der Waals surface area (Å²) in [6.07, 6.45) is 1.82. The maximum absolute atomic E-state index is 13.3. The van der Waals surface area contributed by atoms with Gasteiger partial charge in [0.05, 0.1) is 22.8 Å². The molecule has 2 aliphatic rings. The van der Waals surface area contributed by atoms with Crippen LogP contribution in [0.4, 0.5) is 5.69 Å². The van der Waals surface area contributed by atoms with Gasteiger partial charge in [0.15, 0.2) is 6.61 Å². The normalized spacial score (nSPS) is 18.7. The zero-order valence-electron chi connectivity index (χ0n) is 15.5. The molecular formula is C21H20N4O3. The number of rotatable bonds is 2. The van der Waals surface area contributed by atoms with E-state index in [0.29, 0.717) is 23.5 Å². The van der Waals surface area contributed by atoms with Gasteiger partial charge in [0.2, 0.25) is 0 Å². The Kier molecular flexibility index (Phi) is 3.82. The minimum atomic E-state index is -0.212. The third kappa shape index (κ3) is 2.62. The van der Waals surface area contributed by atoms with Crippen molar-refractivity contribution in [2.24, 2.45) is 7.05 Å². The molecule has 0 unspecified atom stereocenters. The van der Waals surface area contributed by atoms with Gasteiger partial charge < -0.3 is 19.5 Å². The molecule has 1 aromatic heterocycles. The molecule has 1 saturated heterocycles. The Bertz CT molecular complexity index is 1100. The predicted molar refractivity (Wildman–Crippen MR) is 104 cm³/mol. The monoisotopic (exact) mass is 376 g/mol. The first-order chi connectivity index (χ1) is 13.6. The predicted octanol–water partition coefficient (Wildman–Crippen LogP) is 2.88. The number of aryl methyl sites for hydroxylation is 1. The SMILES string of the molecule is Cn1c([C@H]2CCCN2C(=O)c2ccc3c(c2)NC(=O)CO3)nc2ccccc21. The second-order valence-electron chi connectivity index (χ2n) is 7.22. The lowest BCUT2D eigenvalue weighted by atomic mass is 10.1. The Balaban J connectivity index is 1.48. The molecule has 0 spiro atoms. The minimum Gasteiger partial charge on any atom is -0.482 e. The van der Waals surface area contributed by atoms with Crippen LogP contribution >= 0.6 is 0 Å². The second-order valence-corrected chi connectivity index (χ2v) is 7.22. The number of likely N-dealkylation sites (tertiary alicyclic amines) is 1. The van der Waals surface area contributed by atoms with E-state index in [9.17, 15) is 9.59 Å². The number of ether oxygens (including phenoxy) is 1. The Labute approximate surface area is 161 Å². The fourth-order valence-electron chi connectivity index (χ4n) is 4.12. The van der Waals surface area contributed by atoms with E-state index in [1.807, 2.05) is 36.2 Å². The number of carbonyl (C=O) groups excluding carboxylic acids is 2. The lowest BCUT2D eigenvalue weighted by Gasteiger charge is -2.25. The fourth-order valence-corrected chi connectivity index (χ4v) is 4.12. The summed E-state index contributed by atoms with van der Waals surface area (Å²) in [5.41, 5.74) is 3.08. The molecule has 3 aromatic rings. The lowest BCUT2D eigenvalue weighted by molar-refractivity contribution is -0.118. The summed E-state index contributed by atoms with van der Waals surface area (Å²) >= 11 is 0. The molecule has 7 heteroatoms. The summed E-state index contributed by atoms with van der Waals surface area (Å²) in [4.78, 5) is 31.5. The first-order valence-corrected chi connectivity index (χ1v) is 9.41. The molecular weight excluding hydrogens is 356 g/mol. The molecule has 7 nitrogen and oxygen atoms in total. The average molecular weight is 376 g/mol. The van der Waals surface area contributed by atoms with E-state index < -0.39 is 0 Å². The van der Waals surface area contributed by atoms with Crippen molar-refractivity contribution in [3.05, 3.63) is 53.9 Å². The van der Waals surface area contributed by atoms with Crippen molar-refractivity contribution in [2.45, 2.75) is 18.9 Å². The van der Waals surface area contributed by atoms with E-state index in [0.717, 1.165) is 29.7 Å². The van der Waals surface area contributed by atoms with Gasteiger partial charge in [0, 0.05) is 19.2 Å². The Morgan fingerprint density at radius 1 is 1.25 bits per heavy atom. The van der Waals surface area contributed by atoms with Crippen LogP contribution < -0.4 is 10.1 Å². The highest BCUT2D eigenvalue weighted by Crippen LogP contribution is 2.35. The number of amides is 2. The maximum atomic E-state index is 13.3. The zero-order chi connectivity index (χ0) is 19.3. The molecule has 28 heavy (non-hydrogen) atoms. The third-order valence-electron chi connectivity index (χ3n) is 5.49. The molecule has 2 aliphatic heterocycles. The first-order valence-electron chi connectivity index (χ1n) is 9.41. The van der Waals surface area contributed by atoms with Crippen LogP contribution in [0.15, 0.2) is 42.5 Å². The van der Waals surface area contributed by atoms with E-state index in [-0.39, 0.29) is 24.5 Å². The van der Waals surface area contributed by atoms with Gasteiger partial charge in [-0.1, -0.05) is 12.1 Å². The van der Waals surface area contributed by atoms with Crippen molar-refractivity contribution in [2.75, 3.05) is 18.5 Å². The quantitative estimate of drug-likeness (QED) is 0.746. The van der Waals surface area contributed by atoms with Gasteiger partial charge in [-0.05, 0) is 43.2 Å². The first kappa shape index (κ1) is 16.8. The van der Waals surface area contributed by atoms with E-state index in [1.165, 1.54) is 0 Å². The summed E-state index contributed by atoms with van der Waals surface area (Å²) < 4.78 is 7.46. The molecule has 0 radical (unpaired) electrons. The average Bonchev–Trinajstić information content (AvgIpc) is 3.32. The Morgan fingerprint density at radius 2 is 2.11 bits per heavy atom. The zero-order valence-corrected chi connectivity index (χ0v) is 15.5. The largest absolute Gasteiger partial charge is 0.482 e. The van der Waals surface area contributed by atoms with Crippen LogP contribution in [0.3, 0.4) is 0 Å². The maximum Gasteiger partial charge on any atom is 0.262 e. The molecule has 0 aliphatic carbocycles.